The number of carbonyl (C=O) groups is 1. The molecule has 0 radical (unpaired) electrons. The number of carbonyl (C=O) groups excluding carboxylic acids is 1. The Hall–Kier alpha value is -2.62. The van der Waals surface area contributed by atoms with Gasteiger partial charge in [0, 0.05) is 11.6 Å². The Labute approximate surface area is 128 Å². The van der Waals surface area contributed by atoms with Crippen molar-refractivity contribution < 1.29 is 9.53 Å². The number of para-hydroxylation sites is 1. The van der Waals surface area contributed by atoms with E-state index in [1.54, 1.807) is 6.07 Å². The highest BCUT2D eigenvalue weighted by atomic mass is 16.5. The molecule has 0 unspecified atom stereocenters. The molecule has 1 aromatic heterocycles. The van der Waals surface area contributed by atoms with Gasteiger partial charge in [0.05, 0.1) is 23.7 Å². The molecule has 0 spiro atoms. The van der Waals surface area contributed by atoms with Crippen molar-refractivity contribution in [3.63, 3.8) is 0 Å². The van der Waals surface area contributed by atoms with E-state index in [0.717, 1.165) is 22.5 Å². The van der Waals surface area contributed by atoms with Crippen molar-refractivity contribution in [3.8, 4) is 5.69 Å². The van der Waals surface area contributed by atoms with Gasteiger partial charge in [-0.15, -0.1) is 0 Å². The summed E-state index contributed by atoms with van der Waals surface area (Å²) in [6, 6.07) is 15.8. The summed E-state index contributed by atoms with van der Waals surface area (Å²) in [4.78, 5) is 16.5. The Kier molecular flexibility index (Phi) is 2.96. The van der Waals surface area contributed by atoms with Crippen molar-refractivity contribution in [3.05, 3.63) is 59.9 Å². The van der Waals surface area contributed by atoms with Crippen LogP contribution >= 0.6 is 0 Å². The van der Waals surface area contributed by atoms with Gasteiger partial charge < -0.3 is 4.74 Å². The van der Waals surface area contributed by atoms with Crippen LogP contribution in [0.2, 0.25) is 0 Å². The summed E-state index contributed by atoms with van der Waals surface area (Å²) < 4.78 is 7.00. The average molecular weight is 292 g/mol. The van der Waals surface area contributed by atoms with E-state index in [-0.39, 0.29) is 5.97 Å². The quantitative estimate of drug-likeness (QED) is 0.691. The normalized spacial score (nSPS) is 14.2. The van der Waals surface area contributed by atoms with Crippen LogP contribution in [0.3, 0.4) is 0 Å². The predicted octanol–water partition coefficient (Wildman–Crippen LogP) is 3.69. The van der Waals surface area contributed by atoms with E-state index in [1.807, 2.05) is 30.3 Å². The summed E-state index contributed by atoms with van der Waals surface area (Å²) in [6.45, 7) is 0. The van der Waals surface area contributed by atoms with Gasteiger partial charge in [-0.2, -0.15) is 0 Å². The molecule has 1 heterocycles. The van der Waals surface area contributed by atoms with Crippen molar-refractivity contribution in [2.45, 2.75) is 18.8 Å². The number of nitrogens with zero attached hydrogens (tertiary/aromatic N) is 2. The lowest BCUT2D eigenvalue weighted by atomic mass is 10.2. The molecule has 0 atom stereocenters. The fourth-order valence-electron chi connectivity index (χ4n) is 2.81. The van der Waals surface area contributed by atoms with Crippen molar-refractivity contribution in [2.75, 3.05) is 7.11 Å². The van der Waals surface area contributed by atoms with Crippen LogP contribution in [-0.2, 0) is 4.74 Å². The van der Waals surface area contributed by atoms with Crippen LogP contribution < -0.4 is 0 Å². The molecule has 0 amide bonds. The molecule has 1 fully saturated rings. The smallest absolute Gasteiger partial charge is 0.337 e. The van der Waals surface area contributed by atoms with Gasteiger partial charge >= 0.3 is 5.97 Å². The summed E-state index contributed by atoms with van der Waals surface area (Å²) in [5.41, 5.74) is 3.52. The van der Waals surface area contributed by atoms with Crippen LogP contribution in [0.25, 0.3) is 16.7 Å². The molecule has 0 aliphatic heterocycles. The van der Waals surface area contributed by atoms with Crippen LogP contribution in [0.4, 0.5) is 0 Å². The summed E-state index contributed by atoms with van der Waals surface area (Å²) >= 11 is 0. The number of ether oxygens (including phenoxy) is 1. The van der Waals surface area contributed by atoms with E-state index in [4.69, 9.17) is 9.72 Å². The minimum atomic E-state index is -0.330. The molecule has 0 saturated heterocycles. The van der Waals surface area contributed by atoms with Gasteiger partial charge in [-0.05, 0) is 43.2 Å². The molecule has 0 N–H and O–H groups in total. The Bertz CT molecular complexity index is 848. The number of benzene rings is 2. The van der Waals surface area contributed by atoms with Crippen molar-refractivity contribution in [1.29, 1.82) is 0 Å². The first-order chi connectivity index (χ1) is 10.8. The maximum atomic E-state index is 11.7. The fraction of sp³-hybridized carbons (Fsp3) is 0.222. The third kappa shape index (κ3) is 2.08. The van der Waals surface area contributed by atoms with Crippen molar-refractivity contribution in [2.24, 2.45) is 0 Å². The van der Waals surface area contributed by atoms with Gasteiger partial charge in [-0.1, -0.05) is 18.2 Å². The lowest BCUT2D eigenvalue weighted by Crippen LogP contribution is -2.01. The Morgan fingerprint density at radius 2 is 1.95 bits per heavy atom. The predicted molar refractivity (Wildman–Crippen MR) is 84.4 cm³/mol. The molecule has 0 bridgehead atoms. The zero-order valence-electron chi connectivity index (χ0n) is 12.3. The Morgan fingerprint density at radius 3 is 2.64 bits per heavy atom. The highest BCUT2D eigenvalue weighted by molar-refractivity contribution is 5.94. The number of aromatic nitrogens is 2. The van der Waals surface area contributed by atoms with Gasteiger partial charge in [0.25, 0.3) is 0 Å². The minimum absolute atomic E-state index is 0.330. The first-order valence-electron chi connectivity index (χ1n) is 7.44. The van der Waals surface area contributed by atoms with Crippen LogP contribution in [0.5, 0.6) is 0 Å². The van der Waals surface area contributed by atoms with Crippen LogP contribution in [0.1, 0.15) is 34.9 Å². The third-order valence-corrected chi connectivity index (χ3v) is 4.06. The van der Waals surface area contributed by atoms with Crippen LogP contribution in [0.15, 0.2) is 48.5 Å². The largest absolute Gasteiger partial charge is 0.465 e. The zero-order valence-corrected chi connectivity index (χ0v) is 12.3. The number of fused-ring (bicyclic) bond motifs is 1. The molecular weight excluding hydrogens is 276 g/mol. The summed E-state index contributed by atoms with van der Waals surface area (Å²) in [5, 5.41) is 0. The van der Waals surface area contributed by atoms with E-state index < -0.39 is 0 Å². The maximum absolute atomic E-state index is 11.7. The van der Waals surface area contributed by atoms with Gasteiger partial charge in [-0.3, -0.25) is 4.57 Å². The maximum Gasteiger partial charge on any atom is 0.337 e. The molecule has 3 aromatic rings. The van der Waals surface area contributed by atoms with E-state index in [1.165, 1.54) is 20.0 Å². The van der Waals surface area contributed by atoms with E-state index in [2.05, 4.69) is 16.7 Å². The summed E-state index contributed by atoms with van der Waals surface area (Å²) in [6.07, 6.45) is 2.36. The second-order valence-corrected chi connectivity index (χ2v) is 5.61. The lowest BCUT2D eigenvalue weighted by Gasteiger charge is -2.08. The second kappa shape index (κ2) is 4.98. The van der Waals surface area contributed by atoms with Crippen molar-refractivity contribution in [1.82, 2.24) is 9.55 Å². The SMILES string of the molecule is COC(=O)c1ccc2c(c1)nc(C1CC1)n2-c1ccccc1. The molecule has 1 saturated carbocycles. The lowest BCUT2D eigenvalue weighted by molar-refractivity contribution is 0.0601. The van der Waals surface area contributed by atoms with E-state index in [0.29, 0.717) is 11.5 Å². The third-order valence-electron chi connectivity index (χ3n) is 4.06. The summed E-state index contributed by atoms with van der Waals surface area (Å²) in [5.74, 6) is 1.28. The minimum Gasteiger partial charge on any atom is -0.465 e. The molecule has 4 nitrogen and oxygen atoms in total. The number of esters is 1. The Morgan fingerprint density at radius 1 is 1.18 bits per heavy atom. The van der Waals surface area contributed by atoms with Crippen molar-refractivity contribution >= 4 is 17.0 Å². The molecule has 110 valence electrons. The van der Waals surface area contributed by atoms with E-state index >= 15 is 0 Å². The fourth-order valence-corrected chi connectivity index (χ4v) is 2.81. The molecule has 22 heavy (non-hydrogen) atoms. The van der Waals surface area contributed by atoms with Gasteiger partial charge in [-0.25, -0.2) is 9.78 Å². The molecule has 1 aliphatic carbocycles. The first kappa shape index (κ1) is 13.1. The van der Waals surface area contributed by atoms with E-state index in [9.17, 15) is 4.79 Å². The zero-order chi connectivity index (χ0) is 15.1. The number of hydrogen-bond donors (Lipinski definition) is 0. The highest BCUT2D eigenvalue weighted by Crippen LogP contribution is 2.41. The molecular formula is C18H16N2O2. The van der Waals surface area contributed by atoms with Crippen LogP contribution in [-0.4, -0.2) is 22.6 Å². The van der Waals surface area contributed by atoms with Gasteiger partial charge in [0.1, 0.15) is 5.82 Å². The molecule has 2 aromatic carbocycles. The Balaban J connectivity index is 1.94. The average Bonchev–Trinajstić information content (AvgIpc) is 3.34. The molecule has 1 aliphatic rings. The molecule has 4 heteroatoms. The number of hydrogen-bond acceptors (Lipinski definition) is 3. The second-order valence-electron chi connectivity index (χ2n) is 5.61. The topological polar surface area (TPSA) is 44.1 Å². The number of imidazole rings is 1. The monoisotopic (exact) mass is 292 g/mol. The van der Waals surface area contributed by atoms with Gasteiger partial charge in [0.15, 0.2) is 0 Å². The first-order valence-corrected chi connectivity index (χ1v) is 7.44. The number of methoxy groups -OCH3 is 1. The standard InChI is InChI=1S/C18H16N2O2/c1-22-18(21)13-9-10-16-15(11-13)19-17(12-7-8-12)20(16)14-5-3-2-4-6-14/h2-6,9-12H,7-8H2,1H3. The van der Waals surface area contributed by atoms with Gasteiger partial charge in [0.2, 0.25) is 0 Å². The summed E-state index contributed by atoms with van der Waals surface area (Å²) in [7, 11) is 1.39. The highest BCUT2D eigenvalue weighted by Gasteiger charge is 2.30. The number of rotatable bonds is 3. The van der Waals surface area contributed by atoms with Crippen LogP contribution in [0, 0.1) is 0 Å². The molecule has 4 rings (SSSR count).